The Morgan fingerprint density at radius 3 is 2.45 bits per heavy atom. The van der Waals surface area contributed by atoms with Crippen LogP contribution < -0.4 is 5.73 Å². The molecule has 112 valence electrons. The van der Waals surface area contributed by atoms with Crippen LogP contribution in [-0.2, 0) is 11.2 Å². The summed E-state index contributed by atoms with van der Waals surface area (Å²) in [6.07, 6.45) is 3.44. The molecule has 1 fully saturated rings. The van der Waals surface area contributed by atoms with Crippen molar-refractivity contribution in [3.05, 3.63) is 35.4 Å². The van der Waals surface area contributed by atoms with Crippen LogP contribution in [-0.4, -0.2) is 38.3 Å². The van der Waals surface area contributed by atoms with Gasteiger partial charge in [0.15, 0.2) is 0 Å². The molecule has 1 saturated heterocycles. The first-order chi connectivity index (χ1) is 9.74. The monoisotopic (exact) mass is 276 g/mol. The number of nitrogens with two attached hydrogens (primary N) is 1. The van der Waals surface area contributed by atoms with E-state index in [-0.39, 0.29) is 0 Å². The number of nitrogens with zero attached hydrogens (tertiary/aromatic N) is 1. The van der Waals surface area contributed by atoms with Crippen LogP contribution in [0.3, 0.4) is 0 Å². The van der Waals surface area contributed by atoms with E-state index in [0.717, 1.165) is 32.1 Å². The summed E-state index contributed by atoms with van der Waals surface area (Å²) in [5, 5.41) is 0. The lowest BCUT2D eigenvalue weighted by atomic mass is 9.97. The zero-order valence-corrected chi connectivity index (χ0v) is 12.8. The molecule has 2 rings (SSSR count). The molecule has 0 aliphatic carbocycles. The average Bonchev–Trinajstić information content (AvgIpc) is 2.49. The highest BCUT2D eigenvalue weighted by molar-refractivity contribution is 5.25. The van der Waals surface area contributed by atoms with Gasteiger partial charge >= 0.3 is 0 Å². The molecule has 3 heteroatoms. The molecule has 3 nitrogen and oxygen atoms in total. The highest BCUT2D eigenvalue weighted by Gasteiger charge is 2.21. The molecular weight excluding hydrogens is 248 g/mol. The normalized spacial score (nSPS) is 18.4. The van der Waals surface area contributed by atoms with Crippen molar-refractivity contribution in [2.75, 3.05) is 33.4 Å². The van der Waals surface area contributed by atoms with Gasteiger partial charge in [-0.05, 0) is 43.4 Å². The topological polar surface area (TPSA) is 38.5 Å². The molecule has 1 aromatic rings. The Labute approximate surface area is 123 Å². The number of hydrogen-bond acceptors (Lipinski definition) is 3. The fourth-order valence-corrected chi connectivity index (χ4v) is 3.01. The number of hydrogen-bond donors (Lipinski definition) is 1. The van der Waals surface area contributed by atoms with Crippen LogP contribution in [0.5, 0.6) is 0 Å². The Bertz CT molecular complexity index is 384. The standard InChI is InChI=1S/C17H28N2O/c1-3-14-4-6-16(7-5-14)17(12-18)19(2)13-15-8-10-20-11-9-15/h4-7,15,17H,3,8-13,18H2,1-2H3. The molecule has 20 heavy (non-hydrogen) atoms. The Balaban J connectivity index is 1.98. The van der Waals surface area contributed by atoms with Crippen LogP contribution in [0.1, 0.15) is 36.9 Å². The summed E-state index contributed by atoms with van der Waals surface area (Å²) in [5.74, 6) is 0.748. The zero-order chi connectivity index (χ0) is 14.4. The number of rotatable bonds is 6. The van der Waals surface area contributed by atoms with E-state index in [9.17, 15) is 0 Å². The summed E-state index contributed by atoms with van der Waals surface area (Å²) in [5.41, 5.74) is 8.73. The fraction of sp³-hybridized carbons (Fsp3) is 0.647. The first kappa shape index (κ1) is 15.5. The third-order valence-corrected chi connectivity index (χ3v) is 4.42. The van der Waals surface area contributed by atoms with Crippen molar-refractivity contribution in [3.63, 3.8) is 0 Å². The molecular formula is C17H28N2O. The van der Waals surface area contributed by atoms with Crippen LogP contribution in [0.4, 0.5) is 0 Å². The smallest absolute Gasteiger partial charge is 0.0469 e. The van der Waals surface area contributed by atoms with Gasteiger partial charge in [-0.1, -0.05) is 31.2 Å². The Morgan fingerprint density at radius 2 is 1.90 bits per heavy atom. The molecule has 0 saturated carbocycles. The molecule has 1 aliphatic heterocycles. The van der Waals surface area contributed by atoms with Crippen molar-refractivity contribution in [2.24, 2.45) is 11.7 Å². The molecule has 1 aliphatic rings. The van der Waals surface area contributed by atoms with Crippen molar-refractivity contribution < 1.29 is 4.74 Å². The van der Waals surface area contributed by atoms with Crippen LogP contribution in [0.25, 0.3) is 0 Å². The van der Waals surface area contributed by atoms with Gasteiger partial charge in [-0.3, -0.25) is 4.90 Å². The van der Waals surface area contributed by atoms with Gasteiger partial charge in [0.1, 0.15) is 0 Å². The largest absolute Gasteiger partial charge is 0.381 e. The van der Waals surface area contributed by atoms with E-state index in [4.69, 9.17) is 10.5 Å². The van der Waals surface area contributed by atoms with Gasteiger partial charge in [-0.2, -0.15) is 0 Å². The third kappa shape index (κ3) is 4.05. The SMILES string of the molecule is CCc1ccc(C(CN)N(C)CC2CCOCC2)cc1. The predicted octanol–water partition coefficient (Wildman–Crippen LogP) is 2.61. The predicted molar refractivity (Wildman–Crippen MR) is 83.8 cm³/mol. The van der Waals surface area contributed by atoms with Gasteiger partial charge in [-0.15, -0.1) is 0 Å². The number of benzene rings is 1. The molecule has 0 radical (unpaired) electrons. The maximum absolute atomic E-state index is 6.02. The molecule has 0 bridgehead atoms. The summed E-state index contributed by atoms with van der Waals surface area (Å²) in [6.45, 7) is 5.80. The molecule has 1 unspecified atom stereocenters. The second-order valence-corrected chi connectivity index (χ2v) is 5.84. The molecule has 1 aromatic carbocycles. The minimum Gasteiger partial charge on any atom is -0.381 e. The van der Waals surface area contributed by atoms with Gasteiger partial charge in [0.2, 0.25) is 0 Å². The number of aryl methyl sites for hydroxylation is 1. The molecule has 0 aromatic heterocycles. The summed E-state index contributed by atoms with van der Waals surface area (Å²) >= 11 is 0. The Kier molecular flexibility index (Phi) is 6.02. The fourth-order valence-electron chi connectivity index (χ4n) is 3.01. The molecule has 1 atom stereocenters. The van der Waals surface area contributed by atoms with E-state index in [2.05, 4.69) is 43.1 Å². The average molecular weight is 276 g/mol. The third-order valence-electron chi connectivity index (χ3n) is 4.42. The van der Waals surface area contributed by atoms with Crippen molar-refractivity contribution >= 4 is 0 Å². The minimum absolute atomic E-state index is 0.323. The molecule has 0 spiro atoms. The summed E-state index contributed by atoms with van der Waals surface area (Å²) in [7, 11) is 2.20. The maximum atomic E-state index is 6.02. The highest BCUT2D eigenvalue weighted by Crippen LogP contribution is 2.23. The minimum atomic E-state index is 0.323. The maximum Gasteiger partial charge on any atom is 0.0469 e. The van der Waals surface area contributed by atoms with Crippen LogP contribution in [0.15, 0.2) is 24.3 Å². The second kappa shape index (κ2) is 7.77. The van der Waals surface area contributed by atoms with E-state index in [1.54, 1.807) is 0 Å². The van der Waals surface area contributed by atoms with Crippen LogP contribution in [0.2, 0.25) is 0 Å². The van der Waals surface area contributed by atoms with Crippen molar-refractivity contribution in [1.29, 1.82) is 0 Å². The lowest BCUT2D eigenvalue weighted by Crippen LogP contribution is -2.36. The molecule has 0 amide bonds. The van der Waals surface area contributed by atoms with Gasteiger partial charge in [-0.25, -0.2) is 0 Å². The van der Waals surface area contributed by atoms with Crippen LogP contribution >= 0.6 is 0 Å². The van der Waals surface area contributed by atoms with E-state index >= 15 is 0 Å². The number of likely N-dealkylation sites (N-methyl/N-ethyl adjacent to an activating group) is 1. The van der Waals surface area contributed by atoms with E-state index in [0.29, 0.717) is 12.6 Å². The Morgan fingerprint density at radius 1 is 1.25 bits per heavy atom. The zero-order valence-electron chi connectivity index (χ0n) is 12.8. The highest BCUT2D eigenvalue weighted by atomic mass is 16.5. The summed E-state index contributed by atoms with van der Waals surface area (Å²) in [6, 6.07) is 9.23. The lowest BCUT2D eigenvalue weighted by Gasteiger charge is -2.32. The molecule has 1 heterocycles. The van der Waals surface area contributed by atoms with Crippen molar-refractivity contribution in [3.8, 4) is 0 Å². The summed E-state index contributed by atoms with van der Waals surface area (Å²) < 4.78 is 5.44. The summed E-state index contributed by atoms with van der Waals surface area (Å²) in [4.78, 5) is 2.41. The van der Waals surface area contributed by atoms with Gasteiger partial charge in [0, 0.05) is 32.3 Å². The van der Waals surface area contributed by atoms with Gasteiger partial charge in [0.25, 0.3) is 0 Å². The number of ether oxygens (including phenoxy) is 1. The van der Waals surface area contributed by atoms with Gasteiger partial charge in [0.05, 0.1) is 0 Å². The van der Waals surface area contributed by atoms with E-state index < -0.39 is 0 Å². The lowest BCUT2D eigenvalue weighted by molar-refractivity contribution is 0.0507. The van der Waals surface area contributed by atoms with Crippen molar-refractivity contribution in [1.82, 2.24) is 4.90 Å². The molecule has 2 N–H and O–H groups in total. The van der Waals surface area contributed by atoms with E-state index in [1.165, 1.54) is 24.0 Å². The second-order valence-electron chi connectivity index (χ2n) is 5.84. The van der Waals surface area contributed by atoms with E-state index in [1.807, 2.05) is 0 Å². The van der Waals surface area contributed by atoms with Crippen molar-refractivity contribution in [2.45, 2.75) is 32.2 Å². The Hall–Kier alpha value is -0.900. The first-order valence-electron chi connectivity index (χ1n) is 7.81. The first-order valence-corrected chi connectivity index (χ1v) is 7.81. The quantitative estimate of drug-likeness (QED) is 0.868. The van der Waals surface area contributed by atoms with Gasteiger partial charge < -0.3 is 10.5 Å². The van der Waals surface area contributed by atoms with Crippen LogP contribution in [0, 0.1) is 5.92 Å².